The van der Waals surface area contributed by atoms with Gasteiger partial charge >= 0.3 is 0 Å². The van der Waals surface area contributed by atoms with Crippen LogP contribution in [0.3, 0.4) is 0 Å². The van der Waals surface area contributed by atoms with Crippen LogP contribution in [0.4, 0.5) is 0 Å². The average Bonchev–Trinajstić information content (AvgIpc) is 2.34. The minimum Gasteiger partial charge on any atom is -0.508 e. The number of aromatic hydroxyl groups is 3. The molecule has 0 unspecified atom stereocenters. The van der Waals surface area contributed by atoms with E-state index >= 15 is 0 Å². The van der Waals surface area contributed by atoms with Crippen LogP contribution in [0, 0.1) is 6.92 Å². The van der Waals surface area contributed by atoms with E-state index < -0.39 is 0 Å². The van der Waals surface area contributed by atoms with Crippen molar-refractivity contribution in [3.05, 3.63) is 53.1 Å². The van der Waals surface area contributed by atoms with Gasteiger partial charge in [0, 0.05) is 6.07 Å². The van der Waals surface area contributed by atoms with Crippen molar-refractivity contribution in [2.45, 2.75) is 26.2 Å². The Labute approximate surface area is 112 Å². The van der Waals surface area contributed by atoms with Crippen molar-refractivity contribution < 1.29 is 15.3 Å². The molecule has 0 radical (unpaired) electrons. The van der Waals surface area contributed by atoms with E-state index in [1.165, 1.54) is 6.07 Å². The van der Waals surface area contributed by atoms with Gasteiger partial charge in [-0.3, -0.25) is 0 Å². The van der Waals surface area contributed by atoms with Crippen molar-refractivity contribution in [1.82, 2.24) is 0 Å². The largest absolute Gasteiger partial charge is 0.508 e. The fraction of sp³-hybridized carbons (Fsp3) is 0.250. The third-order valence-electron chi connectivity index (χ3n) is 3.20. The molecule has 0 aliphatic heterocycles. The molecule has 0 aromatic heterocycles. The Bertz CT molecular complexity index is 525. The molecule has 2 aromatic carbocycles. The predicted molar refractivity (Wildman–Crippen MR) is 74.6 cm³/mol. The first-order valence-corrected chi connectivity index (χ1v) is 6.35. The second-order valence-electron chi connectivity index (χ2n) is 4.80. The summed E-state index contributed by atoms with van der Waals surface area (Å²) in [5.74, 6) is 0.514. The molecule has 100 valence electrons. The van der Waals surface area contributed by atoms with Gasteiger partial charge in [0.05, 0.1) is 0 Å². The highest BCUT2D eigenvalue weighted by atomic mass is 16.3. The molecule has 3 heteroatoms. The first-order chi connectivity index (χ1) is 9.06. The summed E-state index contributed by atoms with van der Waals surface area (Å²) < 4.78 is 0. The Hall–Kier alpha value is -2.16. The van der Waals surface area contributed by atoms with E-state index in [4.69, 9.17) is 0 Å². The second kappa shape index (κ2) is 5.65. The van der Waals surface area contributed by atoms with Gasteiger partial charge in [-0.25, -0.2) is 0 Å². The van der Waals surface area contributed by atoms with Gasteiger partial charge in [0.15, 0.2) is 0 Å². The van der Waals surface area contributed by atoms with Crippen LogP contribution < -0.4 is 0 Å². The number of phenolic OH excluding ortho intramolecular Hbond substituents is 3. The molecule has 0 aliphatic carbocycles. The normalized spacial score (nSPS) is 10.6. The Kier molecular flexibility index (Phi) is 3.95. The summed E-state index contributed by atoms with van der Waals surface area (Å²) in [6.07, 6.45) is 2.29. The first-order valence-electron chi connectivity index (χ1n) is 6.35. The molecule has 0 bridgehead atoms. The highest BCUT2D eigenvalue weighted by Crippen LogP contribution is 2.25. The van der Waals surface area contributed by atoms with Gasteiger partial charge < -0.3 is 15.3 Å². The van der Waals surface area contributed by atoms with E-state index in [0.717, 1.165) is 29.5 Å². The molecule has 2 aromatic rings. The van der Waals surface area contributed by atoms with Crippen LogP contribution in [0.5, 0.6) is 17.2 Å². The number of hydrogen-bond acceptors (Lipinski definition) is 3. The van der Waals surface area contributed by atoms with Crippen molar-refractivity contribution in [2.75, 3.05) is 0 Å². The van der Waals surface area contributed by atoms with E-state index in [1.54, 1.807) is 18.2 Å². The standard InChI is InChI=1S/C16H18O3/c1-11-5-6-12(15(18)9-11)3-2-4-13-7-8-14(17)10-16(13)19/h5-10,17-19H,2-4H2,1H3. The van der Waals surface area contributed by atoms with Gasteiger partial charge in [-0.15, -0.1) is 0 Å². The zero-order valence-electron chi connectivity index (χ0n) is 10.9. The maximum Gasteiger partial charge on any atom is 0.122 e. The molecule has 0 aliphatic rings. The van der Waals surface area contributed by atoms with Crippen molar-refractivity contribution in [3.63, 3.8) is 0 Å². The Morgan fingerprint density at radius 1 is 0.789 bits per heavy atom. The number of aryl methyl sites for hydroxylation is 3. The fourth-order valence-electron chi connectivity index (χ4n) is 2.12. The third-order valence-corrected chi connectivity index (χ3v) is 3.20. The van der Waals surface area contributed by atoms with E-state index in [1.807, 2.05) is 19.1 Å². The molecule has 0 heterocycles. The van der Waals surface area contributed by atoms with E-state index in [9.17, 15) is 15.3 Å². The van der Waals surface area contributed by atoms with Gasteiger partial charge in [-0.2, -0.15) is 0 Å². The SMILES string of the molecule is Cc1ccc(CCCc2ccc(O)cc2O)c(O)c1. The lowest BCUT2D eigenvalue weighted by molar-refractivity contribution is 0.445. The minimum atomic E-state index is 0.0671. The number of rotatable bonds is 4. The van der Waals surface area contributed by atoms with E-state index in [2.05, 4.69) is 0 Å². The summed E-state index contributed by atoms with van der Waals surface area (Å²) in [6.45, 7) is 1.94. The Morgan fingerprint density at radius 2 is 1.37 bits per heavy atom. The van der Waals surface area contributed by atoms with Crippen LogP contribution in [0.15, 0.2) is 36.4 Å². The summed E-state index contributed by atoms with van der Waals surface area (Å²) in [5.41, 5.74) is 2.77. The fourth-order valence-corrected chi connectivity index (χ4v) is 2.12. The van der Waals surface area contributed by atoms with Crippen molar-refractivity contribution in [3.8, 4) is 17.2 Å². The quantitative estimate of drug-likeness (QED) is 0.788. The summed E-state index contributed by atoms with van der Waals surface area (Å²) in [5, 5.41) is 28.7. The van der Waals surface area contributed by atoms with Gasteiger partial charge in [-0.05, 0) is 55.0 Å². The molecule has 2 rings (SSSR count). The number of benzene rings is 2. The lowest BCUT2D eigenvalue weighted by Gasteiger charge is -2.07. The molecular formula is C16H18O3. The topological polar surface area (TPSA) is 60.7 Å². The van der Waals surface area contributed by atoms with Gasteiger partial charge in [0.1, 0.15) is 17.2 Å². The van der Waals surface area contributed by atoms with Crippen LogP contribution in [0.2, 0.25) is 0 Å². The van der Waals surface area contributed by atoms with Crippen molar-refractivity contribution >= 4 is 0 Å². The summed E-state index contributed by atoms with van der Waals surface area (Å²) in [7, 11) is 0. The molecule has 0 atom stereocenters. The Balaban J connectivity index is 1.96. The highest BCUT2D eigenvalue weighted by Gasteiger charge is 2.05. The molecule has 0 spiro atoms. The maximum atomic E-state index is 9.80. The van der Waals surface area contributed by atoms with E-state index in [0.29, 0.717) is 12.2 Å². The van der Waals surface area contributed by atoms with Gasteiger partial charge in [-0.1, -0.05) is 18.2 Å². The summed E-state index contributed by atoms with van der Waals surface area (Å²) in [6, 6.07) is 10.3. The van der Waals surface area contributed by atoms with Crippen LogP contribution in [-0.2, 0) is 12.8 Å². The van der Waals surface area contributed by atoms with Crippen molar-refractivity contribution in [2.24, 2.45) is 0 Å². The first kappa shape index (κ1) is 13.3. The third kappa shape index (κ3) is 3.41. The number of hydrogen-bond donors (Lipinski definition) is 3. The van der Waals surface area contributed by atoms with Crippen LogP contribution >= 0.6 is 0 Å². The molecule has 0 amide bonds. The maximum absolute atomic E-state index is 9.80. The predicted octanol–water partition coefficient (Wildman–Crippen LogP) is 3.29. The molecule has 3 nitrogen and oxygen atoms in total. The second-order valence-corrected chi connectivity index (χ2v) is 4.80. The molecule has 19 heavy (non-hydrogen) atoms. The van der Waals surface area contributed by atoms with E-state index in [-0.39, 0.29) is 11.5 Å². The molecule has 0 fully saturated rings. The highest BCUT2D eigenvalue weighted by molar-refractivity contribution is 5.39. The van der Waals surface area contributed by atoms with Crippen LogP contribution in [-0.4, -0.2) is 15.3 Å². The number of phenols is 3. The molecule has 0 saturated heterocycles. The Morgan fingerprint density at radius 3 is 1.95 bits per heavy atom. The van der Waals surface area contributed by atoms with Gasteiger partial charge in [0.2, 0.25) is 0 Å². The lowest BCUT2D eigenvalue weighted by Crippen LogP contribution is -1.91. The summed E-state index contributed by atoms with van der Waals surface area (Å²) >= 11 is 0. The summed E-state index contributed by atoms with van der Waals surface area (Å²) in [4.78, 5) is 0. The zero-order chi connectivity index (χ0) is 13.8. The molecule has 0 saturated carbocycles. The van der Waals surface area contributed by atoms with Gasteiger partial charge in [0.25, 0.3) is 0 Å². The molecular weight excluding hydrogens is 240 g/mol. The smallest absolute Gasteiger partial charge is 0.122 e. The lowest BCUT2D eigenvalue weighted by atomic mass is 10.0. The molecule has 3 N–H and O–H groups in total. The van der Waals surface area contributed by atoms with Crippen LogP contribution in [0.1, 0.15) is 23.1 Å². The average molecular weight is 258 g/mol. The monoisotopic (exact) mass is 258 g/mol. The zero-order valence-corrected chi connectivity index (χ0v) is 10.9. The van der Waals surface area contributed by atoms with Crippen LogP contribution in [0.25, 0.3) is 0 Å². The van der Waals surface area contributed by atoms with Crippen molar-refractivity contribution in [1.29, 1.82) is 0 Å². The minimum absolute atomic E-state index is 0.0671.